The summed E-state index contributed by atoms with van der Waals surface area (Å²) >= 11 is 3.40. The quantitative estimate of drug-likeness (QED) is 0.786. The van der Waals surface area contributed by atoms with Crippen LogP contribution in [0.25, 0.3) is 0 Å². The fraction of sp³-hybridized carbons (Fsp3) is 0.611. The van der Waals surface area contributed by atoms with Crippen LogP contribution in [0.2, 0.25) is 0 Å². The predicted octanol–water partition coefficient (Wildman–Crippen LogP) is 3.31. The lowest BCUT2D eigenvalue weighted by Crippen LogP contribution is -2.37. The number of piperidine rings is 1. The molecule has 2 rings (SSSR count). The minimum Gasteiger partial charge on any atom is -0.492 e. The summed E-state index contributed by atoms with van der Waals surface area (Å²) in [5.74, 6) is 2.10. The normalized spacial score (nSPS) is 19.2. The number of carbonyl (C=O) groups is 1. The molecule has 1 fully saturated rings. The van der Waals surface area contributed by atoms with Crippen LogP contribution in [0.5, 0.6) is 5.75 Å². The number of rotatable bonds is 7. The van der Waals surface area contributed by atoms with Crippen LogP contribution in [0.4, 0.5) is 0 Å². The third-order valence-electron chi connectivity index (χ3n) is 4.57. The topological polar surface area (TPSA) is 41.6 Å². The number of hydrogen-bond acceptors (Lipinski definition) is 3. The summed E-state index contributed by atoms with van der Waals surface area (Å²) in [4.78, 5) is 14.1. The average molecular weight is 383 g/mol. The number of carbonyl (C=O) groups excluding carboxylic acids is 1. The van der Waals surface area contributed by atoms with Crippen molar-refractivity contribution in [3.05, 3.63) is 28.7 Å². The molecule has 0 aromatic heterocycles. The van der Waals surface area contributed by atoms with Crippen LogP contribution in [-0.4, -0.2) is 44.1 Å². The van der Waals surface area contributed by atoms with Gasteiger partial charge < -0.3 is 15.0 Å². The number of ether oxygens (including phenoxy) is 1. The van der Waals surface area contributed by atoms with Gasteiger partial charge in [-0.3, -0.25) is 4.79 Å². The lowest BCUT2D eigenvalue weighted by atomic mass is 9.85. The van der Waals surface area contributed by atoms with Crippen molar-refractivity contribution in [1.29, 1.82) is 0 Å². The molecule has 5 heteroatoms. The molecule has 0 bridgehead atoms. The summed E-state index contributed by atoms with van der Waals surface area (Å²) in [6, 6.07) is 7.74. The minimum absolute atomic E-state index is 0.211. The van der Waals surface area contributed by atoms with E-state index in [2.05, 4.69) is 28.2 Å². The highest BCUT2D eigenvalue weighted by Crippen LogP contribution is 2.23. The summed E-state index contributed by atoms with van der Waals surface area (Å²) in [6.45, 7) is 5.49. The molecule has 4 nitrogen and oxygen atoms in total. The molecule has 1 aromatic carbocycles. The molecule has 0 spiro atoms. The van der Waals surface area contributed by atoms with Crippen molar-refractivity contribution in [2.45, 2.75) is 26.2 Å². The molecule has 1 aliphatic rings. The van der Waals surface area contributed by atoms with Gasteiger partial charge in [-0.25, -0.2) is 0 Å². The van der Waals surface area contributed by atoms with E-state index >= 15 is 0 Å². The van der Waals surface area contributed by atoms with E-state index in [1.54, 1.807) is 4.90 Å². The summed E-state index contributed by atoms with van der Waals surface area (Å²) in [7, 11) is 1.86. The SMILES string of the molecule is CC(CC(=O)N(C)CCOc1ccc(Br)cc1)C1CCCNC1. The molecule has 2 atom stereocenters. The molecule has 1 N–H and O–H groups in total. The first-order valence-electron chi connectivity index (χ1n) is 8.39. The molecule has 1 aromatic rings. The van der Waals surface area contributed by atoms with Crippen molar-refractivity contribution < 1.29 is 9.53 Å². The Labute approximate surface area is 147 Å². The van der Waals surface area contributed by atoms with Crippen molar-refractivity contribution >= 4 is 21.8 Å². The van der Waals surface area contributed by atoms with E-state index in [1.165, 1.54) is 12.8 Å². The van der Waals surface area contributed by atoms with Crippen LogP contribution in [0, 0.1) is 11.8 Å². The highest BCUT2D eigenvalue weighted by atomic mass is 79.9. The first-order valence-corrected chi connectivity index (χ1v) is 9.18. The highest BCUT2D eigenvalue weighted by Gasteiger charge is 2.23. The van der Waals surface area contributed by atoms with Crippen LogP contribution in [0.3, 0.4) is 0 Å². The maximum Gasteiger partial charge on any atom is 0.222 e. The van der Waals surface area contributed by atoms with Gasteiger partial charge in [-0.05, 0) is 62.0 Å². The van der Waals surface area contributed by atoms with Gasteiger partial charge in [-0.1, -0.05) is 22.9 Å². The molecule has 0 saturated carbocycles. The van der Waals surface area contributed by atoms with Crippen LogP contribution in [0.1, 0.15) is 26.2 Å². The number of halogens is 1. The average Bonchev–Trinajstić information content (AvgIpc) is 2.57. The van der Waals surface area contributed by atoms with Gasteiger partial charge in [-0.15, -0.1) is 0 Å². The van der Waals surface area contributed by atoms with Crippen molar-refractivity contribution in [1.82, 2.24) is 10.2 Å². The van der Waals surface area contributed by atoms with Gasteiger partial charge in [0.05, 0.1) is 6.54 Å². The predicted molar refractivity (Wildman–Crippen MR) is 96.6 cm³/mol. The third-order valence-corrected chi connectivity index (χ3v) is 5.10. The number of nitrogens with one attached hydrogen (secondary N) is 1. The van der Waals surface area contributed by atoms with E-state index in [9.17, 15) is 4.79 Å². The van der Waals surface area contributed by atoms with E-state index in [0.717, 1.165) is 23.3 Å². The second-order valence-electron chi connectivity index (χ2n) is 6.41. The summed E-state index contributed by atoms with van der Waals surface area (Å²) in [5.41, 5.74) is 0. The van der Waals surface area contributed by atoms with Gasteiger partial charge >= 0.3 is 0 Å². The van der Waals surface area contributed by atoms with Crippen molar-refractivity contribution in [3.8, 4) is 5.75 Å². The van der Waals surface area contributed by atoms with Gasteiger partial charge in [0.2, 0.25) is 5.91 Å². The van der Waals surface area contributed by atoms with Crippen LogP contribution >= 0.6 is 15.9 Å². The zero-order chi connectivity index (χ0) is 16.7. The number of benzene rings is 1. The third kappa shape index (κ3) is 6.15. The Hall–Kier alpha value is -1.07. The molecule has 1 heterocycles. The first-order chi connectivity index (χ1) is 11.1. The smallest absolute Gasteiger partial charge is 0.222 e. The molecule has 1 amide bonds. The van der Waals surface area contributed by atoms with E-state index in [-0.39, 0.29) is 5.91 Å². The van der Waals surface area contributed by atoms with Crippen molar-refractivity contribution in [3.63, 3.8) is 0 Å². The number of hydrogen-bond donors (Lipinski definition) is 1. The van der Waals surface area contributed by atoms with E-state index in [1.807, 2.05) is 31.3 Å². The molecule has 128 valence electrons. The second kappa shape index (κ2) is 9.28. The van der Waals surface area contributed by atoms with E-state index in [4.69, 9.17) is 4.74 Å². The fourth-order valence-corrected chi connectivity index (χ4v) is 3.18. The maximum absolute atomic E-state index is 12.3. The Kier molecular flexibility index (Phi) is 7.37. The molecule has 0 radical (unpaired) electrons. The zero-order valence-corrected chi connectivity index (χ0v) is 15.6. The van der Waals surface area contributed by atoms with Gasteiger partial charge in [0.25, 0.3) is 0 Å². The largest absolute Gasteiger partial charge is 0.492 e. The van der Waals surface area contributed by atoms with Gasteiger partial charge in [0, 0.05) is 17.9 Å². The standard InChI is InChI=1S/C18H27BrN2O2/c1-14(15-4-3-9-20-13-15)12-18(22)21(2)10-11-23-17-7-5-16(19)6-8-17/h5-8,14-15,20H,3-4,9-13H2,1-2H3. The van der Waals surface area contributed by atoms with Crippen molar-refractivity contribution in [2.24, 2.45) is 11.8 Å². The van der Waals surface area contributed by atoms with E-state index < -0.39 is 0 Å². The lowest BCUT2D eigenvalue weighted by molar-refractivity contribution is -0.131. The number of nitrogens with zero attached hydrogens (tertiary/aromatic N) is 1. The zero-order valence-electron chi connectivity index (χ0n) is 14.1. The summed E-state index contributed by atoms with van der Waals surface area (Å²) < 4.78 is 6.71. The molecule has 2 unspecified atom stereocenters. The Balaban J connectivity index is 1.68. The molecule has 0 aliphatic carbocycles. The lowest BCUT2D eigenvalue weighted by Gasteiger charge is -2.29. The van der Waals surface area contributed by atoms with Gasteiger partial charge in [-0.2, -0.15) is 0 Å². The van der Waals surface area contributed by atoms with E-state index in [0.29, 0.717) is 31.4 Å². The first kappa shape index (κ1) is 18.3. The Morgan fingerprint density at radius 1 is 1.43 bits per heavy atom. The Bertz CT molecular complexity index is 486. The van der Waals surface area contributed by atoms with Crippen LogP contribution in [-0.2, 0) is 4.79 Å². The monoisotopic (exact) mass is 382 g/mol. The number of likely N-dealkylation sites (N-methyl/N-ethyl adjacent to an activating group) is 1. The second-order valence-corrected chi connectivity index (χ2v) is 7.32. The Morgan fingerprint density at radius 3 is 2.83 bits per heavy atom. The summed E-state index contributed by atoms with van der Waals surface area (Å²) in [5, 5.41) is 3.43. The molecular weight excluding hydrogens is 356 g/mol. The molecule has 23 heavy (non-hydrogen) atoms. The maximum atomic E-state index is 12.3. The fourth-order valence-electron chi connectivity index (χ4n) is 2.92. The summed E-state index contributed by atoms with van der Waals surface area (Å²) in [6.07, 6.45) is 3.08. The van der Waals surface area contributed by atoms with Crippen LogP contribution in [0.15, 0.2) is 28.7 Å². The molecular formula is C18H27BrN2O2. The molecule has 1 saturated heterocycles. The van der Waals surface area contributed by atoms with Gasteiger partial charge in [0.15, 0.2) is 0 Å². The Morgan fingerprint density at radius 2 is 2.17 bits per heavy atom. The number of amides is 1. The van der Waals surface area contributed by atoms with Crippen molar-refractivity contribution in [2.75, 3.05) is 33.3 Å². The highest BCUT2D eigenvalue weighted by molar-refractivity contribution is 9.10. The van der Waals surface area contributed by atoms with Crippen LogP contribution < -0.4 is 10.1 Å². The van der Waals surface area contributed by atoms with Gasteiger partial charge in [0.1, 0.15) is 12.4 Å². The molecule has 1 aliphatic heterocycles. The minimum atomic E-state index is 0.211.